The second-order valence-electron chi connectivity index (χ2n) is 5.47. The Morgan fingerprint density at radius 3 is 2.85 bits per heavy atom. The molecule has 0 bridgehead atoms. The van der Waals surface area contributed by atoms with Gasteiger partial charge in [0.25, 0.3) is 0 Å². The molecule has 0 spiro atoms. The average molecular weight is 275 g/mol. The summed E-state index contributed by atoms with van der Waals surface area (Å²) >= 11 is 0. The Labute approximate surface area is 117 Å². The summed E-state index contributed by atoms with van der Waals surface area (Å²) in [6.07, 6.45) is 4.30. The average Bonchev–Trinajstić information content (AvgIpc) is 2.88. The van der Waals surface area contributed by atoms with Gasteiger partial charge in [0.1, 0.15) is 5.82 Å². The maximum atomic E-state index is 13.1. The van der Waals surface area contributed by atoms with Crippen LogP contribution in [0.1, 0.15) is 43.1 Å². The van der Waals surface area contributed by atoms with E-state index in [0.29, 0.717) is 11.7 Å². The first kappa shape index (κ1) is 13.2. The number of hydrogen-bond acceptors (Lipinski definition) is 4. The van der Waals surface area contributed by atoms with Gasteiger partial charge in [-0.2, -0.15) is 4.98 Å². The summed E-state index contributed by atoms with van der Waals surface area (Å²) in [5, 5.41) is 4.02. The third-order valence-electron chi connectivity index (χ3n) is 4.01. The predicted molar refractivity (Wildman–Crippen MR) is 73.6 cm³/mol. The van der Waals surface area contributed by atoms with E-state index in [1.807, 2.05) is 6.92 Å². The van der Waals surface area contributed by atoms with Gasteiger partial charge in [-0.05, 0) is 43.5 Å². The van der Waals surface area contributed by atoms with Gasteiger partial charge in [-0.1, -0.05) is 18.0 Å². The van der Waals surface area contributed by atoms with Crippen molar-refractivity contribution in [2.75, 3.05) is 0 Å². The Morgan fingerprint density at radius 2 is 2.10 bits per heavy atom. The smallest absolute Gasteiger partial charge is 0.231 e. The Bertz CT molecular complexity index is 611. The Balaban J connectivity index is 1.89. The second kappa shape index (κ2) is 5.32. The molecule has 1 saturated carbocycles. The zero-order chi connectivity index (χ0) is 14.1. The highest BCUT2D eigenvalue weighted by Crippen LogP contribution is 2.32. The van der Waals surface area contributed by atoms with Crippen molar-refractivity contribution in [1.29, 1.82) is 0 Å². The van der Waals surface area contributed by atoms with Gasteiger partial charge in [0.2, 0.25) is 11.7 Å². The molecule has 0 aliphatic heterocycles. The molecule has 20 heavy (non-hydrogen) atoms. The van der Waals surface area contributed by atoms with Gasteiger partial charge < -0.3 is 10.3 Å². The van der Waals surface area contributed by atoms with Crippen molar-refractivity contribution >= 4 is 0 Å². The number of hydrogen-bond donors (Lipinski definition) is 1. The van der Waals surface area contributed by atoms with Crippen LogP contribution in [0.2, 0.25) is 0 Å². The quantitative estimate of drug-likeness (QED) is 0.914. The molecule has 3 rings (SSSR count). The number of aryl methyl sites for hydroxylation is 1. The molecular formula is C15H18FN3O. The number of nitrogens with zero attached hydrogens (tertiary/aromatic N) is 2. The fourth-order valence-electron chi connectivity index (χ4n) is 2.84. The first-order valence-corrected chi connectivity index (χ1v) is 7.01. The van der Waals surface area contributed by atoms with Gasteiger partial charge in [0, 0.05) is 11.6 Å². The Hall–Kier alpha value is -1.75. The van der Waals surface area contributed by atoms with Crippen LogP contribution in [0.15, 0.2) is 22.7 Å². The highest BCUT2D eigenvalue weighted by atomic mass is 19.1. The lowest BCUT2D eigenvalue weighted by Gasteiger charge is -2.25. The van der Waals surface area contributed by atoms with Crippen LogP contribution in [-0.4, -0.2) is 16.2 Å². The van der Waals surface area contributed by atoms with E-state index in [9.17, 15) is 4.39 Å². The summed E-state index contributed by atoms with van der Waals surface area (Å²) in [5.41, 5.74) is 7.72. The van der Waals surface area contributed by atoms with Crippen molar-refractivity contribution < 1.29 is 8.91 Å². The second-order valence-corrected chi connectivity index (χ2v) is 5.47. The molecule has 1 aliphatic rings. The summed E-state index contributed by atoms with van der Waals surface area (Å²) in [6, 6.07) is 4.65. The standard InChI is InChI=1S/C15H18FN3O/c1-9-8-10(16)6-7-11(9)14-18-15(20-19-14)12-4-2-3-5-13(12)17/h6-8,12-13H,2-5,17H2,1H3. The summed E-state index contributed by atoms with van der Waals surface area (Å²) in [5.74, 6) is 1.00. The van der Waals surface area contributed by atoms with Crippen molar-refractivity contribution in [1.82, 2.24) is 10.1 Å². The minimum Gasteiger partial charge on any atom is -0.339 e. The molecule has 2 N–H and O–H groups in total. The van der Waals surface area contributed by atoms with Crippen molar-refractivity contribution in [2.45, 2.75) is 44.6 Å². The molecule has 4 nitrogen and oxygen atoms in total. The molecule has 106 valence electrons. The first-order chi connectivity index (χ1) is 9.65. The lowest BCUT2D eigenvalue weighted by molar-refractivity contribution is 0.290. The van der Waals surface area contributed by atoms with E-state index >= 15 is 0 Å². The van der Waals surface area contributed by atoms with Crippen molar-refractivity contribution in [2.24, 2.45) is 5.73 Å². The third kappa shape index (κ3) is 2.45. The van der Waals surface area contributed by atoms with E-state index in [1.54, 1.807) is 6.07 Å². The summed E-state index contributed by atoms with van der Waals surface area (Å²) in [4.78, 5) is 4.46. The molecule has 1 aromatic carbocycles. The predicted octanol–water partition coefficient (Wildman–Crippen LogP) is 3.17. The Kier molecular flexibility index (Phi) is 3.53. The van der Waals surface area contributed by atoms with Gasteiger partial charge in [-0.25, -0.2) is 4.39 Å². The van der Waals surface area contributed by atoms with E-state index < -0.39 is 0 Å². The van der Waals surface area contributed by atoms with E-state index in [-0.39, 0.29) is 17.8 Å². The molecule has 2 aromatic rings. The normalized spacial score (nSPS) is 22.9. The van der Waals surface area contributed by atoms with Gasteiger partial charge in [0.15, 0.2) is 0 Å². The molecule has 0 saturated heterocycles. The van der Waals surface area contributed by atoms with Gasteiger partial charge in [0.05, 0.1) is 5.92 Å². The summed E-state index contributed by atoms with van der Waals surface area (Å²) in [6.45, 7) is 1.83. The van der Waals surface area contributed by atoms with Crippen LogP contribution < -0.4 is 5.73 Å². The monoisotopic (exact) mass is 275 g/mol. The number of rotatable bonds is 2. The minimum absolute atomic E-state index is 0.0892. The zero-order valence-electron chi connectivity index (χ0n) is 11.5. The Morgan fingerprint density at radius 1 is 1.30 bits per heavy atom. The molecule has 0 radical (unpaired) electrons. The lowest BCUT2D eigenvalue weighted by Crippen LogP contribution is -2.31. The third-order valence-corrected chi connectivity index (χ3v) is 4.01. The molecule has 2 atom stereocenters. The molecule has 1 heterocycles. The molecule has 0 amide bonds. The van der Waals surface area contributed by atoms with Gasteiger partial charge in [-0.15, -0.1) is 0 Å². The van der Waals surface area contributed by atoms with Crippen molar-refractivity contribution in [3.63, 3.8) is 0 Å². The molecule has 1 aromatic heterocycles. The van der Waals surface area contributed by atoms with Crippen LogP contribution >= 0.6 is 0 Å². The van der Waals surface area contributed by atoms with E-state index in [4.69, 9.17) is 10.3 Å². The zero-order valence-corrected chi connectivity index (χ0v) is 11.5. The molecule has 2 unspecified atom stereocenters. The van der Waals surface area contributed by atoms with Gasteiger partial charge in [-0.3, -0.25) is 0 Å². The number of nitrogens with two attached hydrogens (primary N) is 1. The van der Waals surface area contributed by atoms with Crippen LogP contribution in [0.3, 0.4) is 0 Å². The number of benzene rings is 1. The molecule has 5 heteroatoms. The maximum absolute atomic E-state index is 13.1. The molecule has 1 fully saturated rings. The fraction of sp³-hybridized carbons (Fsp3) is 0.467. The highest BCUT2D eigenvalue weighted by Gasteiger charge is 2.28. The highest BCUT2D eigenvalue weighted by molar-refractivity contribution is 5.59. The van der Waals surface area contributed by atoms with Crippen LogP contribution in [-0.2, 0) is 0 Å². The minimum atomic E-state index is -0.260. The lowest BCUT2D eigenvalue weighted by atomic mass is 9.85. The summed E-state index contributed by atoms with van der Waals surface area (Å²) in [7, 11) is 0. The largest absolute Gasteiger partial charge is 0.339 e. The van der Waals surface area contributed by atoms with E-state index in [1.165, 1.54) is 12.1 Å². The van der Waals surface area contributed by atoms with Crippen LogP contribution in [0.4, 0.5) is 4.39 Å². The maximum Gasteiger partial charge on any atom is 0.231 e. The fourth-order valence-corrected chi connectivity index (χ4v) is 2.84. The van der Waals surface area contributed by atoms with Crippen LogP contribution in [0.25, 0.3) is 11.4 Å². The van der Waals surface area contributed by atoms with Crippen LogP contribution in [0.5, 0.6) is 0 Å². The van der Waals surface area contributed by atoms with Gasteiger partial charge >= 0.3 is 0 Å². The van der Waals surface area contributed by atoms with Crippen LogP contribution in [0, 0.1) is 12.7 Å². The molecule has 1 aliphatic carbocycles. The van der Waals surface area contributed by atoms with E-state index in [2.05, 4.69) is 10.1 Å². The SMILES string of the molecule is Cc1cc(F)ccc1-c1noc(C2CCCCC2N)n1. The van der Waals surface area contributed by atoms with Crippen molar-refractivity contribution in [3.05, 3.63) is 35.5 Å². The van der Waals surface area contributed by atoms with E-state index in [0.717, 1.165) is 36.8 Å². The summed E-state index contributed by atoms with van der Waals surface area (Å²) < 4.78 is 18.5. The van der Waals surface area contributed by atoms with Crippen molar-refractivity contribution in [3.8, 4) is 11.4 Å². The topological polar surface area (TPSA) is 64.9 Å². The number of aromatic nitrogens is 2. The first-order valence-electron chi connectivity index (χ1n) is 7.01. The number of halogens is 1. The molecular weight excluding hydrogens is 257 g/mol.